The lowest BCUT2D eigenvalue weighted by Crippen LogP contribution is -2.32. The molecule has 0 aliphatic carbocycles. The summed E-state index contributed by atoms with van der Waals surface area (Å²) in [5.74, 6) is -1.10. The number of aliphatic hydroxyl groups excluding tert-OH is 1. The van der Waals surface area contributed by atoms with E-state index in [4.69, 9.17) is 9.47 Å². The number of ether oxygens (including phenoxy) is 2. The molecule has 21 heavy (non-hydrogen) atoms. The van der Waals surface area contributed by atoms with E-state index in [0.29, 0.717) is 6.61 Å². The molecule has 0 aromatic heterocycles. The number of hydrogen-bond donors (Lipinski definition) is 2. The molecule has 4 nitrogen and oxygen atoms in total. The fourth-order valence-corrected chi connectivity index (χ4v) is 2.66. The van der Waals surface area contributed by atoms with Crippen LogP contribution in [0, 0.1) is 0 Å². The van der Waals surface area contributed by atoms with E-state index in [0.717, 1.165) is 50.5 Å². The third-order valence-corrected chi connectivity index (χ3v) is 3.88. The molecule has 1 heterocycles. The van der Waals surface area contributed by atoms with Crippen LogP contribution in [0.2, 0.25) is 0 Å². The molecule has 0 amide bonds. The van der Waals surface area contributed by atoms with Crippen molar-refractivity contribution in [1.29, 1.82) is 0 Å². The van der Waals surface area contributed by atoms with Gasteiger partial charge in [-0.1, -0.05) is 19.9 Å². The fraction of sp³-hybridized carbons (Fsp3) is 0.882. The van der Waals surface area contributed by atoms with Crippen LogP contribution in [0.5, 0.6) is 0 Å². The van der Waals surface area contributed by atoms with Gasteiger partial charge in [0.05, 0.1) is 24.9 Å². The summed E-state index contributed by atoms with van der Waals surface area (Å²) in [5.41, 5.74) is 1.11. The smallest absolute Gasteiger partial charge is 0.159 e. The predicted octanol–water partition coefficient (Wildman–Crippen LogP) is 3.17. The Labute approximate surface area is 129 Å². The summed E-state index contributed by atoms with van der Waals surface area (Å²) in [4.78, 5) is 0. The molecule has 2 N–H and O–H groups in total. The molecule has 1 rings (SSSR count). The highest BCUT2D eigenvalue weighted by Crippen LogP contribution is 2.28. The van der Waals surface area contributed by atoms with Crippen LogP contribution in [-0.4, -0.2) is 40.9 Å². The van der Waals surface area contributed by atoms with E-state index in [1.165, 1.54) is 0 Å². The van der Waals surface area contributed by atoms with E-state index in [1.807, 2.05) is 0 Å². The van der Waals surface area contributed by atoms with Gasteiger partial charge in [0.15, 0.2) is 5.79 Å². The Kier molecular flexibility index (Phi) is 7.88. The van der Waals surface area contributed by atoms with E-state index in [9.17, 15) is 10.2 Å². The van der Waals surface area contributed by atoms with Gasteiger partial charge in [0, 0.05) is 6.42 Å². The standard InChI is InChI=1S/C17H32O4/c1-5-6-14(18)8-10-15-9-7-13(2)16(21-15)11-12-20-17(3,4)19/h14-16,18-19H,2,5-12H2,1,3-4H3/t14?,15-,16?/m1/s1. The van der Waals surface area contributed by atoms with Gasteiger partial charge < -0.3 is 19.7 Å². The Morgan fingerprint density at radius 1 is 1.38 bits per heavy atom. The second-order valence-electron chi connectivity index (χ2n) is 6.55. The molecule has 0 spiro atoms. The van der Waals surface area contributed by atoms with E-state index < -0.39 is 5.79 Å². The van der Waals surface area contributed by atoms with Crippen LogP contribution in [0.1, 0.15) is 65.7 Å². The third kappa shape index (κ3) is 7.96. The van der Waals surface area contributed by atoms with Crippen molar-refractivity contribution in [2.45, 2.75) is 89.8 Å². The Morgan fingerprint density at radius 3 is 2.71 bits per heavy atom. The summed E-state index contributed by atoms with van der Waals surface area (Å²) < 4.78 is 11.4. The van der Waals surface area contributed by atoms with Crippen molar-refractivity contribution in [3.05, 3.63) is 12.2 Å². The fourth-order valence-electron chi connectivity index (χ4n) is 2.66. The maximum absolute atomic E-state index is 9.81. The normalized spacial score (nSPS) is 25.1. The van der Waals surface area contributed by atoms with Crippen molar-refractivity contribution in [1.82, 2.24) is 0 Å². The second kappa shape index (κ2) is 8.89. The summed E-state index contributed by atoms with van der Waals surface area (Å²) in [5, 5.41) is 19.4. The average molecular weight is 300 g/mol. The van der Waals surface area contributed by atoms with Crippen LogP contribution in [-0.2, 0) is 9.47 Å². The quantitative estimate of drug-likeness (QED) is 0.507. The first-order chi connectivity index (χ1) is 9.81. The first-order valence-electron chi connectivity index (χ1n) is 8.19. The molecule has 1 fully saturated rings. The van der Waals surface area contributed by atoms with Crippen molar-refractivity contribution in [2.24, 2.45) is 0 Å². The van der Waals surface area contributed by atoms with Gasteiger partial charge >= 0.3 is 0 Å². The van der Waals surface area contributed by atoms with Crippen molar-refractivity contribution < 1.29 is 19.7 Å². The SMILES string of the molecule is C=C1CC[C@H](CCC(O)CCC)OC1CCOC(C)(C)O. The van der Waals surface area contributed by atoms with Crippen LogP contribution in [0.25, 0.3) is 0 Å². The van der Waals surface area contributed by atoms with E-state index in [2.05, 4.69) is 13.5 Å². The zero-order valence-electron chi connectivity index (χ0n) is 13.8. The molecule has 0 radical (unpaired) electrons. The minimum absolute atomic E-state index is 0.00872. The van der Waals surface area contributed by atoms with Crippen LogP contribution in [0.4, 0.5) is 0 Å². The highest BCUT2D eigenvalue weighted by Gasteiger charge is 2.26. The molecule has 0 aromatic carbocycles. The first-order valence-corrected chi connectivity index (χ1v) is 8.19. The first kappa shape index (κ1) is 18.6. The zero-order chi connectivity index (χ0) is 15.9. The molecule has 3 atom stereocenters. The second-order valence-corrected chi connectivity index (χ2v) is 6.55. The molecule has 1 aliphatic rings. The number of rotatable bonds is 9. The van der Waals surface area contributed by atoms with Crippen LogP contribution >= 0.6 is 0 Å². The Hall–Kier alpha value is -0.420. The van der Waals surface area contributed by atoms with Gasteiger partial charge in [-0.2, -0.15) is 0 Å². The maximum atomic E-state index is 9.81. The molecular formula is C17H32O4. The lowest BCUT2D eigenvalue weighted by Gasteiger charge is -2.33. The van der Waals surface area contributed by atoms with Crippen molar-refractivity contribution in [3.63, 3.8) is 0 Å². The topological polar surface area (TPSA) is 58.9 Å². The lowest BCUT2D eigenvalue weighted by atomic mass is 9.94. The van der Waals surface area contributed by atoms with E-state index >= 15 is 0 Å². The Bertz CT molecular complexity index is 308. The molecule has 0 bridgehead atoms. The number of aliphatic hydroxyl groups is 2. The molecule has 1 aliphatic heterocycles. The van der Waals surface area contributed by atoms with Gasteiger partial charge in [0.1, 0.15) is 0 Å². The predicted molar refractivity (Wildman–Crippen MR) is 84.1 cm³/mol. The van der Waals surface area contributed by atoms with Crippen molar-refractivity contribution >= 4 is 0 Å². The highest BCUT2D eigenvalue weighted by atomic mass is 16.6. The molecule has 4 heteroatoms. The highest BCUT2D eigenvalue weighted by molar-refractivity contribution is 5.05. The van der Waals surface area contributed by atoms with Crippen LogP contribution in [0.3, 0.4) is 0 Å². The summed E-state index contributed by atoms with van der Waals surface area (Å²) in [6, 6.07) is 0. The van der Waals surface area contributed by atoms with Crippen LogP contribution in [0.15, 0.2) is 12.2 Å². The van der Waals surface area contributed by atoms with Gasteiger partial charge in [0.25, 0.3) is 0 Å². The van der Waals surface area contributed by atoms with Crippen LogP contribution < -0.4 is 0 Å². The molecule has 0 aromatic rings. The summed E-state index contributed by atoms with van der Waals surface area (Å²) in [6.07, 6.45) is 6.26. The largest absolute Gasteiger partial charge is 0.393 e. The lowest BCUT2D eigenvalue weighted by molar-refractivity contribution is -0.181. The monoisotopic (exact) mass is 300 g/mol. The minimum Gasteiger partial charge on any atom is -0.393 e. The Morgan fingerprint density at radius 2 is 2.10 bits per heavy atom. The Balaban J connectivity index is 2.31. The molecule has 124 valence electrons. The third-order valence-electron chi connectivity index (χ3n) is 3.88. The molecule has 2 unspecified atom stereocenters. The number of hydrogen-bond acceptors (Lipinski definition) is 4. The maximum Gasteiger partial charge on any atom is 0.159 e. The van der Waals surface area contributed by atoms with Gasteiger partial charge in [-0.05, 0) is 51.5 Å². The molecule has 0 saturated carbocycles. The van der Waals surface area contributed by atoms with Crippen molar-refractivity contribution in [2.75, 3.05) is 6.61 Å². The van der Waals surface area contributed by atoms with Crippen molar-refractivity contribution in [3.8, 4) is 0 Å². The molecule has 1 saturated heterocycles. The van der Waals surface area contributed by atoms with Gasteiger partial charge in [-0.3, -0.25) is 0 Å². The zero-order valence-corrected chi connectivity index (χ0v) is 13.8. The van der Waals surface area contributed by atoms with Gasteiger partial charge in [-0.15, -0.1) is 0 Å². The van der Waals surface area contributed by atoms with Gasteiger partial charge in [0.2, 0.25) is 0 Å². The summed E-state index contributed by atoms with van der Waals surface area (Å²) in [6.45, 7) is 9.87. The summed E-state index contributed by atoms with van der Waals surface area (Å²) >= 11 is 0. The minimum atomic E-state index is -1.10. The molecular weight excluding hydrogens is 268 g/mol. The van der Waals surface area contributed by atoms with Gasteiger partial charge in [-0.25, -0.2) is 0 Å². The van der Waals surface area contributed by atoms with E-state index in [-0.39, 0.29) is 18.3 Å². The van der Waals surface area contributed by atoms with E-state index in [1.54, 1.807) is 13.8 Å². The average Bonchev–Trinajstić information content (AvgIpc) is 2.38. The summed E-state index contributed by atoms with van der Waals surface area (Å²) in [7, 11) is 0.